The van der Waals surface area contributed by atoms with Gasteiger partial charge in [0.25, 0.3) is 0 Å². The van der Waals surface area contributed by atoms with Gasteiger partial charge in [-0.2, -0.15) is 0 Å². The Bertz CT molecular complexity index is 840. The lowest BCUT2D eigenvalue weighted by atomic mass is 10.1. The van der Waals surface area contributed by atoms with E-state index in [-0.39, 0.29) is 0 Å². The van der Waals surface area contributed by atoms with E-state index in [0.29, 0.717) is 0 Å². The molecule has 0 aromatic heterocycles. The maximum absolute atomic E-state index is 12.7. The van der Waals surface area contributed by atoms with Crippen molar-refractivity contribution in [2.45, 2.75) is 0 Å². The maximum atomic E-state index is 12.7. The first-order valence-corrected chi connectivity index (χ1v) is 8.93. The molecule has 21 heavy (non-hydrogen) atoms. The van der Waals surface area contributed by atoms with E-state index in [1.807, 2.05) is 48.5 Å². The molecule has 3 aromatic carbocycles. The Morgan fingerprint density at radius 3 is 2.29 bits per heavy atom. The summed E-state index contributed by atoms with van der Waals surface area (Å²) in [4.78, 5) is 0. The second-order valence-electron chi connectivity index (χ2n) is 5.07. The van der Waals surface area contributed by atoms with Crippen LogP contribution in [0.2, 0.25) is 0 Å². The molecule has 104 valence electrons. The summed E-state index contributed by atoms with van der Waals surface area (Å²) in [5, 5.41) is 3.13. The van der Waals surface area contributed by atoms with Gasteiger partial charge in [0.1, 0.15) is 0 Å². The number of hydrogen-bond donors (Lipinski definition) is 0. The van der Waals surface area contributed by atoms with Gasteiger partial charge in [-0.1, -0.05) is 54.6 Å². The lowest BCUT2D eigenvalue weighted by molar-refractivity contribution is 0.586. The van der Waals surface area contributed by atoms with E-state index in [1.165, 1.54) is 5.39 Å². The monoisotopic (exact) mass is 293 g/mol. The van der Waals surface area contributed by atoms with Gasteiger partial charge in [-0.25, -0.2) is 4.76 Å². The van der Waals surface area contributed by atoms with Gasteiger partial charge in [0.05, 0.1) is 0 Å². The first kappa shape index (κ1) is 13.8. The zero-order chi connectivity index (χ0) is 14.7. The third-order valence-corrected chi connectivity index (χ3v) is 5.25. The summed E-state index contributed by atoms with van der Waals surface area (Å²) in [5.41, 5.74) is 0.965. The molecule has 0 spiro atoms. The van der Waals surface area contributed by atoms with Gasteiger partial charge in [-0.15, -0.1) is 0 Å². The second-order valence-corrected chi connectivity index (χ2v) is 7.57. The van der Waals surface area contributed by atoms with E-state index in [2.05, 4.69) is 29.0 Å². The molecule has 0 fully saturated rings. The van der Waals surface area contributed by atoms with Gasteiger partial charge >= 0.3 is 0 Å². The lowest BCUT2D eigenvalue weighted by Crippen LogP contribution is -2.00. The van der Waals surface area contributed by atoms with Crippen LogP contribution in [-0.2, 0) is 4.57 Å². The highest BCUT2D eigenvalue weighted by Crippen LogP contribution is 2.41. The van der Waals surface area contributed by atoms with Crippen LogP contribution >= 0.6 is 7.29 Å². The summed E-state index contributed by atoms with van der Waals surface area (Å²) in [6.07, 6.45) is 1.71. The van der Waals surface area contributed by atoms with Gasteiger partial charge in [0.2, 0.25) is 7.29 Å². The zero-order valence-corrected chi connectivity index (χ0v) is 12.7. The van der Waals surface area contributed by atoms with E-state index in [0.717, 1.165) is 16.3 Å². The Balaban J connectivity index is 1.92. The smallest absolute Gasteiger partial charge is 0.215 e. The van der Waals surface area contributed by atoms with Crippen LogP contribution in [0.5, 0.6) is 0 Å². The van der Waals surface area contributed by atoms with Crippen LogP contribution < -0.4 is 5.30 Å². The van der Waals surface area contributed by atoms with E-state index in [1.54, 1.807) is 12.9 Å². The number of benzene rings is 3. The molecule has 3 aromatic rings. The third-order valence-electron chi connectivity index (χ3n) is 3.44. The predicted octanol–water partition coefficient (Wildman–Crippen LogP) is 4.49. The average molecular weight is 293 g/mol. The van der Waals surface area contributed by atoms with Crippen LogP contribution in [0.25, 0.3) is 10.8 Å². The quantitative estimate of drug-likeness (QED) is 0.516. The van der Waals surface area contributed by atoms with Crippen molar-refractivity contribution in [2.75, 3.05) is 6.66 Å². The molecule has 0 amide bonds. The fourth-order valence-corrected chi connectivity index (χ4v) is 3.45. The Morgan fingerprint density at radius 1 is 0.857 bits per heavy atom. The van der Waals surface area contributed by atoms with Gasteiger partial charge in [0, 0.05) is 18.2 Å². The minimum Gasteiger partial charge on any atom is -0.294 e. The van der Waals surface area contributed by atoms with Crippen LogP contribution in [0, 0.1) is 0 Å². The first-order valence-electron chi connectivity index (χ1n) is 6.83. The normalized spacial score (nSPS) is 14.3. The molecule has 3 rings (SSSR count). The fourth-order valence-electron chi connectivity index (χ4n) is 2.24. The molecule has 3 heteroatoms. The SMILES string of the molecule is CP(=O)(/N=C/c1ccc2ccccc2c1)c1ccccc1. The Labute approximate surface area is 124 Å². The first-order chi connectivity index (χ1) is 10.1. The molecule has 1 unspecified atom stereocenters. The van der Waals surface area contributed by atoms with Crippen molar-refractivity contribution >= 4 is 29.6 Å². The van der Waals surface area contributed by atoms with Crippen LogP contribution in [0.4, 0.5) is 0 Å². The summed E-state index contributed by atoms with van der Waals surface area (Å²) < 4.78 is 17.0. The minimum atomic E-state index is -2.70. The van der Waals surface area contributed by atoms with Crippen molar-refractivity contribution in [1.29, 1.82) is 0 Å². The highest BCUT2D eigenvalue weighted by atomic mass is 31.2. The van der Waals surface area contributed by atoms with Gasteiger partial charge in [0.15, 0.2) is 0 Å². The Morgan fingerprint density at radius 2 is 1.52 bits per heavy atom. The fraction of sp³-hybridized carbons (Fsp3) is 0.0556. The van der Waals surface area contributed by atoms with Gasteiger partial charge in [-0.05, 0) is 34.5 Å². The van der Waals surface area contributed by atoms with Crippen LogP contribution in [0.15, 0.2) is 77.6 Å². The van der Waals surface area contributed by atoms with E-state index >= 15 is 0 Å². The summed E-state index contributed by atoms with van der Waals surface area (Å²) in [6, 6.07) is 23.7. The van der Waals surface area contributed by atoms with Crippen molar-refractivity contribution in [3.8, 4) is 0 Å². The van der Waals surface area contributed by atoms with Crippen molar-refractivity contribution < 1.29 is 4.57 Å². The predicted molar refractivity (Wildman–Crippen MR) is 91.1 cm³/mol. The molecule has 0 aliphatic carbocycles. The summed E-state index contributed by atoms with van der Waals surface area (Å²) in [7, 11) is -2.70. The average Bonchev–Trinajstić information content (AvgIpc) is 2.54. The molecule has 0 aliphatic rings. The van der Waals surface area contributed by atoms with E-state index < -0.39 is 7.29 Å². The summed E-state index contributed by atoms with van der Waals surface area (Å²) in [6.45, 7) is 1.69. The second kappa shape index (κ2) is 5.67. The van der Waals surface area contributed by atoms with Crippen molar-refractivity contribution in [3.05, 3.63) is 78.4 Å². The van der Waals surface area contributed by atoms with E-state index in [4.69, 9.17) is 0 Å². The number of fused-ring (bicyclic) bond motifs is 1. The topological polar surface area (TPSA) is 29.4 Å². The molecular formula is C18H16NOP. The molecule has 2 nitrogen and oxygen atoms in total. The number of rotatable bonds is 3. The molecule has 0 aliphatic heterocycles. The maximum Gasteiger partial charge on any atom is 0.215 e. The highest BCUT2D eigenvalue weighted by Gasteiger charge is 2.14. The van der Waals surface area contributed by atoms with Crippen LogP contribution in [0.1, 0.15) is 5.56 Å². The molecular weight excluding hydrogens is 277 g/mol. The van der Waals surface area contributed by atoms with Gasteiger partial charge in [-0.3, -0.25) is 4.57 Å². The molecule has 0 saturated carbocycles. The summed E-state index contributed by atoms with van der Waals surface area (Å²) >= 11 is 0. The molecule has 0 radical (unpaired) electrons. The number of nitrogens with zero attached hydrogens (tertiary/aromatic N) is 1. The zero-order valence-electron chi connectivity index (χ0n) is 11.8. The highest BCUT2D eigenvalue weighted by molar-refractivity contribution is 7.69. The Kier molecular flexibility index (Phi) is 3.72. The standard InChI is InChI=1S/C18H16NOP/c1-21(20,18-9-3-2-4-10-18)19-14-15-11-12-16-7-5-6-8-17(16)13-15/h2-14H,1H3/b19-14+. The van der Waals surface area contributed by atoms with Crippen molar-refractivity contribution in [1.82, 2.24) is 0 Å². The largest absolute Gasteiger partial charge is 0.294 e. The van der Waals surface area contributed by atoms with Crippen molar-refractivity contribution in [3.63, 3.8) is 0 Å². The number of hydrogen-bond acceptors (Lipinski definition) is 1. The van der Waals surface area contributed by atoms with Crippen LogP contribution in [-0.4, -0.2) is 12.9 Å². The van der Waals surface area contributed by atoms with Crippen LogP contribution in [0.3, 0.4) is 0 Å². The molecule has 0 bridgehead atoms. The lowest BCUT2D eigenvalue weighted by Gasteiger charge is -2.07. The third kappa shape index (κ3) is 3.12. The van der Waals surface area contributed by atoms with Gasteiger partial charge < -0.3 is 0 Å². The Hall–Kier alpha value is -2.18. The van der Waals surface area contributed by atoms with Crippen molar-refractivity contribution in [2.24, 2.45) is 4.76 Å². The molecule has 0 heterocycles. The van der Waals surface area contributed by atoms with E-state index in [9.17, 15) is 4.57 Å². The summed E-state index contributed by atoms with van der Waals surface area (Å²) in [5.74, 6) is 0. The molecule has 0 saturated heterocycles. The molecule has 1 atom stereocenters. The minimum absolute atomic E-state index is 0.780. The molecule has 0 N–H and O–H groups in total.